The second kappa shape index (κ2) is 12.2. The molecule has 3 rings (SSSR count). The Morgan fingerprint density at radius 1 is 0.647 bits per heavy atom. The molecule has 0 saturated heterocycles. The van der Waals surface area contributed by atoms with Crippen LogP contribution in [0.2, 0.25) is 0 Å². The van der Waals surface area contributed by atoms with Crippen LogP contribution in [0.5, 0.6) is 0 Å². The standard InChI is InChI=1S/C26H32N4O4/c1-3-5-11-27-15-23(31)29-17-7-9-19-21(13-17)26(34)22-14-18(8-10-20(22)25(19)33)30-24(32)16-28-12-6-4-2/h7-10,13-14,27-28H,3-6,11-12,15-16H2,1-2H3,(H,29,31)(H,30,32). The number of hydrogen-bond donors (Lipinski definition) is 4. The van der Waals surface area contributed by atoms with Crippen molar-refractivity contribution in [3.63, 3.8) is 0 Å². The molecule has 8 nitrogen and oxygen atoms in total. The third-order valence-electron chi connectivity index (χ3n) is 5.57. The Labute approximate surface area is 199 Å². The molecule has 0 aliphatic heterocycles. The molecule has 1 aliphatic carbocycles. The quantitative estimate of drug-likeness (QED) is 0.306. The molecule has 0 bridgehead atoms. The lowest BCUT2D eigenvalue weighted by Crippen LogP contribution is -2.29. The van der Waals surface area contributed by atoms with Gasteiger partial charge in [-0.05, 0) is 62.3 Å². The number of benzene rings is 2. The Morgan fingerprint density at radius 3 is 1.47 bits per heavy atom. The molecule has 2 aromatic rings. The highest BCUT2D eigenvalue weighted by Crippen LogP contribution is 2.31. The summed E-state index contributed by atoms with van der Waals surface area (Å²) in [7, 11) is 0. The van der Waals surface area contributed by atoms with Gasteiger partial charge in [0.05, 0.1) is 13.1 Å². The molecular weight excluding hydrogens is 432 g/mol. The van der Waals surface area contributed by atoms with E-state index in [1.165, 1.54) is 12.1 Å². The maximum atomic E-state index is 13.2. The van der Waals surface area contributed by atoms with Gasteiger partial charge in [-0.15, -0.1) is 0 Å². The van der Waals surface area contributed by atoms with Crippen LogP contribution in [-0.4, -0.2) is 49.6 Å². The zero-order chi connectivity index (χ0) is 24.5. The highest BCUT2D eigenvalue weighted by molar-refractivity contribution is 6.29. The second-order valence-electron chi connectivity index (χ2n) is 8.34. The fraction of sp³-hybridized carbons (Fsp3) is 0.385. The molecule has 0 spiro atoms. The van der Waals surface area contributed by atoms with Crippen LogP contribution < -0.4 is 21.3 Å². The predicted octanol–water partition coefficient (Wildman–Crippen LogP) is 3.12. The first-order chi connectivity index (χ1) is 16.4. The highest BCUT2D eigenvalue weighted by Gasteiger charge is 2.30. The van der Waals surface area contributed by atoms with E-state index in [0.29, 0.717) is 22.5 Å². The van der Waals surface area contributed by atoms with Crippen LogP contribution in [0.1, 0.15) is 71.4 Å². The summed E-state index contributed by atoms with van der Waals surface area (Å²) in [5, 5.41) is 11.7. The van der Waals surface area contributed by atoms with Crippen LogP contribution in [0, 0.1) is 0 Å². The van der Waals surface area contributed by atoms with Gasteiger partial charge in [0.15, 0.2) is 11.6 Å². The average molecular weight is 465 g/mol. The molecule has 0 aromatic heterocycles. The number of nitrogens with one attached hydrogen (secondary N) is 4. The van der Waals surface area contributed by atoms with Gasteiger partial charge in [-0.2, -0.15) is 0 Å². The summed E-state index contributed by atoms with van der Waals surface area (Å²) in [6.45, 7) is 6.01. The van der Waals surface area contributed by atoms with Gasteiger partial charge in [-0.1, -0.05) is 26.7 Å². The number of fused-ring (bicyclic) bond motifs is 2. The molecule has 0 radical (unpaired) electrons. The van der Waals surface area contributed by atoms with E-state index in [4.69, 9.17) is 0 Å². The van der Waals surface area contributed by atoms with Crippen LogP contribution in [0.4, 0.5) is 11.4 Å². The maximum absolute atomic E-state index is 13.2. The minimum absolute atomic E-state index is 0.170. The Morgan fingerprint density at radius 2 is 1.06 bits per heavy atom. The van der Waals surface area contributed by atoms with Gasteiger partial charge in [-0.3, -0.25) is 19.2 Å². The zero-order valence-electron chi connectivity index (χ0n) is 19.8. The number of unbranched alkanes of at least 4 members (excludes halogenated alkanes) is 2. The van der Waals surface area contributed by atoms with E-state index in [0.717, 1.165) is 38.8 Å². The molecule has 0 saturated carbocycles. The van der Waals surface area contributed by atoms with E-state index in [9.17, 15) is 19.2 Å². The molecule has 2 amide bonds. The number of ketones is 2. The summed E-state index contributed by atoms with van der Waals surface area (Å²) >= 11 is 0. The first-order valence-electron chi connectivity index (χ1n) is 11.8. The summed E-state index contributed by atoms with van der Waals surface area (Å²) in [5.41, 5.74) is 1.97. The number of amides is 2. The van der Waals surface area contributed by atoms with Gasteiger partial charge < -0.3 is 21.3 Å². The number of anilines is 2. The number of hydrogen-bond acceptors (Lipinski definition) is 6. The first kappa shape index (κ1) is 25.3. The van der Waals surface area contributed by atoms with Crippen LogP contribution in [0.25, 0.3) is 0 Å². The largest absolute Gasteiger partial charge is 0.325 e. The normalized spacial score (nSPS) is 12.2. The predicted molar refractivity (Wildman–Crippen MR) is 133 cm³/mol. The van der Waals surface area contributed by atoms with E-state index >= 15 is 0 Å². The molecule has 34 heavy (non-hydrogen) atoms. The Kier molecular flexibility index (Phi) is 9.07. The summed E-state index contributed by atoms with van der Waals surface area (Å²) in [5.74, 6) is -1.02. The number of rotatable bonds is 12. The summed E-state index contributed by atoms with van der Waals surface area (Å²) in [4.78, 5) is 50.5. The summed E-state index contributed by atoms with van der Waals surface area (Å²) < 4.78 is 0. The fourth-order valence-corrected chi connectivity index (χ4v) is 3.72. The van der Waals surface area contributed by atoms with E-state index in [1.54, 1.807) is 24.3 Å². The Balaban J connectivity index is 1.71. The molecule has 2 aromatic carbocycles. The van der Waals surface area contributed by atoms with Crippen molar-refractivity contribution < 1.29 is 19.2 Å². The maximum Gasteiger partial charge on any atom is 0.238 e. The van der Waals surface area contributed by atoms with Crippen molar-refractivity contribution in [2.24, 2.45) is 0 Å². The molecule has 0 unspecified atom stereocenters. The van der Waals surface area contributed by atoms with Crippen molar-refractivity contribution in [2.75, 3.05) is 36.8 Å². The van der Waals surface area contributed by atoms with Crippen molar-refractivity contribution in [2.45, 2.75) is 39.5 Å². The van der Waals surface area contributed by atoms with Crippen LogP contribution in [-0.2, 0) is 9.59 Å². The molecular formula is C26H32N4O4. The molecule has 4 N–H and O–H groups in total. The van der Waals surface area contributed by atoms with Gasteiger partial charge in [-0.25, -0.2) is 0 Å². The number of carbonyl (C=O) groups excluding carboxylic acids is 4. The van der Waals surface area contributed by atoms with Crippen molar-refractivity contribution in [3.05, 3.63) is 58.7 Å². The van der Waals surface area contributed by atoms with Crippen LogP contribution >= 0.6 is 0 Å². The Bertz CT molecular complexity index is 999. The second-order valence-corrected chi connectivity index (χ2v) is 8.34. The topological polar surface area (TPSA) is 116 Å². The van der Waals surface area contributed by atoms with Crippen molar-refractivity contribution in [1.82, 2.24) is 10.6 Å². The van der Waals surface area contributed by atoms with Gasteiger partial charge in [0.1, 0.15) is 0 Å². The zero-order valence-corrected chi connectivity index (χ0v) is 19.8. The molecule has 0 heterocycles. The minimum atomic E-state index is -0.320. The van der Waals surface area contributed by atoms with E-state index in [1.807, 2.05) is 0 Å². The number of carbonyl (C=O) groups is 4. The van der Waals surface area contributed by atoms with Crippen molar-refractivity contribution in [3.8, 4) is 0 Å². The molecule has 0 atom stereocenters. The molecule has 8 heteroatoms. The van der Waals surface area contributed by atoms with E-state index < -0.39 is 0 Å². The van der Waals surface area contributed by atoms with Gasteiger partial charge in [0.25, 0.3) is 0 Å². The Hall–Kier alpha value is -3.36. The average Bonchev–Trinajstić information content (AvgIpc) is 2.83. The third-order valence-corrected chi connectivity index (χ3v) is 5.57. The minimum Gasteiger partial charge on any atom is -0.325 e. The van der Waals surface area contributed by atoms with Gasteiger partial charge in [0, 0.05) is 33.6 Å². The van der Waals surface area contributed by atoms with Crippen LogP contribution in [0.3, 0.4) is 0 Å². The third kappa shape index (κ3) is 6.36. The van der Waals surface area contributed by atoms with Crippen molar-refractivity contribution in [1.29, 1.82) is 0 Å². The SMILES string of the molecule is CCCCNCC(=O)Nc1ccc2c(c1)C(=O)c1cc(NC(=O)CNCCCC)ccc1C2=O. The first-order valence-corrected chi connectivity index (χ1v) is 11.8. The lowest BCUT2D eigenvalue weighted by molar-refractivity contribution is -0.116. The fourth-order valence-electron chi connectivity index (χ4n) is 3.72. The summed E-state index contributed by atoms with van der Waals surface area (Å²) in [6, 6.07) is 9.45. The van der Waals surface area contributed by atoms with E-state index in [-0.39, 0.29) is 47.6 Å². The molecule has 180 valence electrons. The van der Waals surface area contributed by atoms with Gasteiger partial charge in [0.2, 0.25) is 11.8 Å². The summed E-state index contributed by atoms with van der Waals surface area (Å²) in [6.07, 6.45) is 4.05. The lowest BCUT2D eigenvalue weighted by atomic mass is 9.83. The monoisotopic (exact) mass is 464 g/mol. The molecule has 1 aliphatic rings. The lowest BCUT2D eigenvalue weighted by Gasteiger charge is -2.19. The van der Waals surface area contributed by atoms with E-state index in [2.05, 4.69) is 35.1 Å². The smallest absolute Gasteiger partial charge is 0.238 e. The molecule has 0 fully saturated rings. The van der Waals surface area contributed by atoms with Crippen LogP contribution in [0.15, 0.2) is 36.4 Å². The van der Waals surface area contributed by atoms with Gasteiger partial charge >= 0.3 is 0 Å². The highest BCUT2D eigenvalue weighted by atomic mass is 16.2. The van der Waals surface area contributed by atoms with Crippen molar-refractivity contribution >= 4 is 34.8 Å².